The monoisotopic (exact) mass is 347 g/mol. The zero-order valence-electron chi connectivity index (χ0n) is 12.2. The minimum Gasteiger partial charge on any atom is -0.493 e. The Kier molecular flexibility index (Phi) is 5.39. The summed E-state index contributed by atoms with van der Waals surface area (Å²) in [5, 5.41) is 2.92. The number of ether oxygens (including phenoxy) is 1. The molecule has 0 spiro atoms. The molecule has 1 N–H and O–H groups in total. The fourth-order valence-corrected chi connectivity index (χ4v) is 2.30. The number of amides is 1. The molecule has 110 valence electrons. The summed E-state index contributed by atoms with van der Waals surface area (Å²) in [6, 6.07) is 13.5. The topological polar surface area (TPSA) is 38.3 Å². The summed E-state index contributed by atoms with van der Waals surface area (Å²) in [6.07, 6.45) is 0.319. The number of aryl methyl sites for hydroxylation is 1. The molecule has 2 aromatic carbocycles. The molecule has 0 unspecified atom stereocenters. The van der Waals surface area contributed by atoms with Crippen LogP contribution in [0.25, 0.3) is 0 Å². The van der Waals surface area contributed by atoms with Gasteiger partial charge in [0.25, 0.3) is 0 Å². The number of anilines is 1. The number of carbonyl (C=O) groups is 1. The van der Waals surface area contributed by atoms with Crippen molar-refractivity contribution < 1.29 is 9.53 Å². The van der Waals surface area contributed by atoms with Crippen molar-refractivity contribution >= 4 is 27.5 Å². The van der Waals surface area contributed by atoms with Gasteiger partial charge in [0.1, 0.15) is 5.75 Å². The predicted octanol–water partition coefficient (Wildman–Crippen LogP) is 4.47. The van der Waals surface area contributed by atoms with Gasteiger partial charge in [0.15, 0.2) is 0 Å². The van der Waals surface area contributed by atoms with Crippen LogP contribution < -0.4 is 10.1 Å². The third kappa shape index (κ3) is 4.60. The van der Waals surface area contributed by atoms with Crippen molar-refractivity contribution in [2.75, 3.05) is 11.9 Å². The maximum absolute atomic E-state index is 11.9. The molecular formula is C17H18BrNO2. The minimum atomic E-state index is -0.0429. The average molecular weight is 348 g/mol. The van der Waals surface area contributed by atoms with Gasteiger partial charge in [0.05, 0.1) is 13.0 Å². The van der Waals surface area contributed by atoms with Crippen molar-refractivity contribution in [1.82, 2.24) is 0 Å². The number of benzene rings is 2. The number of hydrogen-bond acceptors (Lipinski definition) is 2. The molecule has 0 aliphatic carbocycles. The van der Waals surface area contributed by atoms with Gasteiger partial charge in [-0.05, 0) is 49.2 Å². The summed E-state index contributed by atoms with van der Waals surface area (Å²) in [5.41, 5.74) is 3.12. The van der Waals surface area contributed by atoms with Gasteiger partial charge in [-0.3, -0.25) is 4.79 Å². The summed E-state index contributed by atoms with van der Waals surface area (Å²) in [4.78, 5) is 11.9. The SMILES string of the molecule is Cc1cccc(NC(=O)CCOc2cccc(Br)c2)c1C. The summed E-state index contributed by atoms with van der Waals surface area (Å²) >= 11 is 3.38. The van der Waals surface area contributed by atoms with Crippen molar-refractivity contribution in [2.24, 2.45) is 0 Å². The van der Waals surface area contributed by atoms with Crippen molar-refractivity contribution in [3.8, 4) is 5.75 Å². The third-order valence-corrected chi connectivity index (χ3v) is 3.77. The van der Waals surface area contributed by atoms with E-state index in [1.54, 1.807) is 0 Å². The van der Waals surface area contributed by atoms with Crippen LogP contribution in [0.15, 0.2) is 46.9 Å². The van der Waals surface area contributed by atoms with E-state index in [4.69, 9.17) is 4.74 Å². The van der Waals surface area contributed by atoms with E-state index in [0.29, 0.717) is 13.0 Å². The van der Waals surface area contributed by atoms with Crippen LogP contribution in [0.3, 0.4) is 0 Å². The third-order valence-electron chi connectivity index (χ3n) is 3.27. The Bertz CT molecular complexity index is 640. The van der Waals surface area contributed by atoms with Gasteiger partial charge in [-0.15, -0.1) is 0 Å². The highest BCUT2D eigenvalue weighted by atomic mass is 79.9. The van der Waals surface area contributed by atoms with Crippen LogP contribution in [0.4, 0.5) is 5.69 Å². The molecule has 3 nitrogen and oxygen atoms in total. The lowest BCUT2D eigenvalue weighted by Crippen LogP contribution is -2.16. The van der Waals surface area contributed by atoms with Crippen molar-refractivity contribution in [3.05, 3.63) is 58.1 Å². The molecule has 0 saturated heterocycles. The van der Waals surface area contributed by atoms with Crippen molar-refractivity contribution in [1.29, 1.82) is 0 Å². The number of hydrogen-bond donors (Lipinski definition) is 1. The maximum atomic E-state index is 11.9. The largest absolute Gasteiger partial charge is 0.493 e. The highest BCUT2D eigenvalue weighted by Gasteiger charge is 2.06. The van der Waals surface area contributed by atoms with E-state index in [0.717, 1.165) is 27.0 Å². The molecule has 0 bridgehead atoms. The molecule has 2 rings (SSSR count). The zero-order chi connectivity index (χ0) is 15.2. The molecule has 0 aliphatic rings. The van der Waals surface area contributed by atoms with E-state index >= 15 is 0 Å². The first kappa shape index (κ1) is 15.6. The Morgan fingerprint density at radius 2 is 1.95 bits per heavy atom. The lowest BCUT2D eigenvalue weighted by molar-refractivity contribution is -0.116. The second-order valence-corrected chi connectivity index (χ2v) is 5.77. The van der Waals surface area contributed by atoms with Crippen LogP contribution in [-0.4, -0.2) is 12.5 Å². The quantitative estimate of drug-likeness (QED) is 0.866. The van der Waals surface area contributed by atoms with Gasteiger partial charge >= 0.3 is 0 Å². The van der Waals surface area contributed by atoms with E-state index in [1.807, 2.05) is 56.3 Å². The summed E-state index contributed by atoms with van der Waals surface area (Å²) in [6.45, 7) is 4.39. The van der Waals surface area contributed by atoms with Crippen LogP contribution in [0.1, 0.15) is 17.5 Å². The van der Waals surface area contributed by atoms with Crippen LogP contribution in [0, 0.1) is 13.8 Å². The Labute approximate surface area is 133 Å². The molecule has 0 heterocycles. The molecule has 4 heteroatoms. The van der Waals surface area contributed by atoms with E-state index in [2.05, 4.69) is 21.2 Å². The fourth-order valence-electron chi connectivity index (χ4n) is 1.92. The van der Waals surface area contributed by atoms with Crippen molar-refractivity contribution in [3.63, 3.8) is 0 Å². The molecule has 2 aromatic rings. The standard InChI is InChI=1S/C17H18BrNO2/c1-12-5-3-8-16(13(12)2)19-17(20)9-10-21-15-7-4-6-14(18)11-15/h3-8,11H,9-10H2,1-2H3,(H,19,20). The van der Waals surface area contributed by atoms with E-state index in [1.165, 1.54) is 0 Å². The highest BCUT2D eigenvalue weighted by Crippen LogP contribution is 2.19. The van der Waals surface area contributed by atoms with Gasteiger partial charge in [0, 0.05) is 10.2 Å². The minimum absolute atomic E-state index is 0.0429. The molecule has 21 heavy (non-hydrogen) atoms. The van der Waals surface area contributed by atoms with Gasteiger partial charge in [-0.2, -0.15) is 0 Å². The number of nitrogens with one attached hydrogen (secondary N) is 1. The predicted molar refractivity (Wildman–Crippen MR) is 88.8 cm³/mol. The smallest absolute Gasteiger partial charge is 0.227 e. The zero-order valence-corrected chi connectivity index (χ0v) is 13.7. The Morgan fingerprint density at radius 1 is 1.19 bits per heavy atom. The summed E-state index contributed by atoms with van der Waals surface area (Å²) in [5.74, 6) is 0.711. The van der Waals surface area contributed by atoms with Crippen LogP contribution in [-0.2, 0) is 4.79 Å². The van der Waals surface area contributed by atoms with E-state index in [9.17, 15) is 4.79 Å². The molecule has 0 radical (unpaired) electrons. The van der Waals surface area contributed by atoms with Crippen molar-refractivity contribution in [2.45, 2.75) is 20.3 Å². The van der Waals surface area contributed by atoms with Gasteiger partial charge in [-0.25, -0.2) is 0 Å². The van der Waals surface area contributed by atoms with Crippen LogP contribution in [0.2, 0.25) is 0 Å². The Balaban J connectivity index is 1.84. The average Bonchev–Trinajstić information content (AvgIpc) is 2.44. The van der Waals surface area contributed by atoms with Gasteiger partial charge in [0.2, 0.25) is 5.91 Å². The summed E-state index contributed by atoms with van der Waals surface area (Å²) in [7, 11) is 0. The molecule has 0 aromatic heterocycles. The van der Waals surface area contributed by atoms with Gasteiger partial charge < -0.3 is 10.1 Å². The molecule has 0 atom stereocenters. The van der Waals surface area contributed by atoms with Crippen LogP contribution in [0.5, 0.6) is 5.75 Å². The maximum Gasteiger partial charge on any atom is 0.227 e. The number of carbonyl (C=O) groups excluding carboxylic acids is 1. The highest BCUT2D eigenvalue weighted by molar-refractivity contribution is 9.10. The second-order valence-electron chi connectivity index (χ2n) is 4.85. The first-order valence-corrected chi connectivity index (χ1v) is 7.60. The Hall–Kier alpha value is -1.81. The molecule has 0 fully saturated rings. The van der Waals surface area contributed by atoms with Gasteiger partial charge in [-0.1, -0.05) is 34.1 Å². The molecule has 0 aliphatic heterocycles. The van der Waals surface area contributed by atoms with E-state index in [-0.39, 0.29) is 5.91 Å². The Morgan fingerprint density at radius 3 is 2.71 bits per heavy atom. The number of halogens is 1. The lowest BCUT2D eigenvalue weighted by atomic mass is 10.1. The second kappa shape index (κ2) is 7.27. The normalized spacial score (nSPS) is 10.2. The molecular weight excluding hydrogens is 330 g/mol. The summed E-state index contributed by atoms with van der Waals surface area (Å²) < 4.78 is 6.52. The number of rotatable bonds is 5. The van der Waals surface area contributed by atoms with E-state index < -0.39 is 0 Å². The van der Waals surface area contributed by atoms with Crippen LogP contribution >= 0.6 is 15.9 Å². The molecule has 0 saturated carbocycles. The first-order valence-electron chi connectivity index (χ1n) is 6.80. The first-order chi connectivity index (χ1) is 10.1. The molecule has 1 amide bonds. The fraction of sp³-hybridized carbons (Fsp3) is 0.235. The lowest BCUT2D eigenvalue weighted by Gasteiger charge is -2.11.